The molecule has 1 aliphatic heterocycles. The molecule has 1 aliphatic rings. The van der Waals surface area contributed by atoms with Crippen molar-refractivity contribution in [1.29, 1.82) is 0 Å². The molecule has 1 rings (SSSR count). The van der Waals surface area contributed by atoms with Crippen LogP contribution in [0.5, 0.6) is 0 Å². The summed E-state index contributed by atoms with van der Waals surface area (Å²) in [5, 5.41) is 0. The van der Waals surface area contributed by atoms with Gasteiger partial charge in [-0.3, -0.25) is 9.69 Å². The number of carbonyl (C=O) groups excluding carboxylic acids is 1. The Morgan fingerprint density at radius 2 is 2.20 bits per heavy atom. The Hall–Kier alpha value is -0.650. The van der Waals surface area contributed by atoms with Crippen LogP contribution in [0.2, 0.25) is 0 Å². The van der Waals surface area contributed by atoms with E-state index in [-0.39, 0.29) is 5.97 Å². The number of unbranched alkanes of at least 4 members (excludes halogenated alkanes) is 1. The third-order valence-electron chi connectivity index (χ3n) is 4.10. The molecule has 2 N–H and O–H groups in total. The van der Waals surface area contributed by atoms with Crippen LogP contribution in [0, 0.1) is 0 Å². The lowest BCUT2D eigenvalue weighted by atomic mass is 9.96. The summed E-state index contributed by atoms with van der Waals surface area (Å²) in [5.41, 5.74) is 5.09. The van der Waals surface area contributed by atoms with Gasteiger partial charge in [-0.25, -0.2) is 0 Å². The average Bonchev–Trinajstić information content (AvgIpc) is 2.42. The van der Waals surface area contributed by atoms with E-state index in [1.54, 1.807) is 6.92 Å². The fourth-order valence-electron chi connectivity index (χ4n) is 2.71. The van der Waals surface area contributed by atoms with Gasteiger partial charge >= 0.3 is 5.97 Å². The largest absolute Gasteiger partial charge is 0.468 e. The Morgan fingerprint density at radius 1 is 1.50 bits per heavy atom. The van der Waals surface area contributed by atoms with E-state index in [0.29, 0.717) is 18.6 Å². The highest BCUT2D eigenvalue weighted by Crippen LogP contribution is 2.17. The second kappa shape index (κ2) is 7.96. The van der Waals surface area contributed by atoms with E-state index in [0.717, 1.165) is 39.0 Å². The zero-order valence-corrected chi connectivity index (χ0v) is 13.4. The number of rotatable bonds is 7. The molecule has 3 unspecified atom stereocenters. The van der Waals surface area contributed by atoms with Crippen molar-refractivity contribution < 1.29 is 14.3 Å². The van der Waals surface area contributed by atoms with Crippen molar-refractivity contribution in [3.63, 3.8) is 0 Å². The van der Waals surface area contributed by atoms with E-state index in [9.17, 15) is 4.79 Å². The fraction of sp³-hybridized carbons (Fsp3) is 0.933. The van der Waals surface area contributed by atoms with Crippen molar-refractivity contribution in [1.82, 2.24) is 4.90 Å². The first-order chi connectivity index (χ1) is 9.40. The van der Waals surface area contributed by atoms with Gasteiger partial charge in [-0.15, -0.1) is 0 Å². The summed E-state index contributed by atoms with van der Waals surface area (Å²) in [5.74, 6) is -0.330. The zero-order chi connectivity index (χ0) is 15.2. The summed E-state index contributed by atoms with van der Waals surface area (Å²) in [6, 6.07) is 0.524. The fourth-order valence-corrected chi connectivity index (χ4v) is 2.71. The number of hydrogen-bond donors (Lipinski definition) is 1. The van der Waals surface area contributed by atoms with Gasteiger partial charge in [-0.2, -0.15) is 0 Å². The van der Waals surface area contributed by atoms with Crippen LogP contribution in [0.3, 0.4) is 0 Å². The molecular weight excluding hydrogens is 256 g/mol. The molecule has 0 bridgehead atoms. The van der Waals surface area contributed by atoms with Gasteiger partial charge in [0.1, 0.15) is 5.54 Å². The summed E-state index contributed by atoms with van der Waals surface area (Å²) in [7, 11) is 1.38. The molecule has 0 spiro atoms. The first-order valence-corrected chi connectivity index (χ1v) is 7.63. The van der Waals surface area contributed by atoms with Crippen LogP contribution < -0.4 is 5.73 Å². The number of morpholine rings is 1. The molecule has 5 nitrogen and oxygen atoms in total. The second-order valence-corrected chi connectivity index (χ2v) is 6.07. The first-order valence-electron chi connectivity index (χ1n) is 7.63. The summed E-state index contributed by atoms with van der Waals surface area (Å²) >= 11 is 0. The molecule has 0 aliphatic carbocycles. The minimum atomic E-state index is -0.864. The van der Waals surface area contributed by atoms with Gasteiger partial charge in [0.05, 0.1) is 19.8 Å². The highest BCUT2D eigenvalue weighted by atomic mass is 16.5. The molecule has 0 saturated carbocycles. The van der Waals surface area contributed by atoms with Gasteiger partial charge in [0.2, 0.25) is 0 Å². The molecule has 0 radical (unpaired) electrons. The van der Waals surface area contributed by atoms with E-state index >= 15 is 0 Å². The van der Waals surface area contributed by atoms with Crippen LogP contribution in [0.15, 0.2) is 0 Å². The lowest BCUT2D eigenvalue weighted by molar-refractivity contribution is -0.146. The standard InChI is InChI=1S/C15H30N2O3/c1-5-13-11-20-12(2)10-17(13)9-7-6-8-15(3,16)14(18)19-4/h12-13H,5-11,16H2,1-4H3. The number of methoxy groups -OCH3 is 1. The quantitative estimate of drug-likeness (QED) is 0.568. The number of nitrogens with zero attached hydrogens (tertiary/aromatic N) is 1. The topological polar surface area (TPSA) is 64.8 Å². The number of nitrogens with two attached hydrogens (primary N) is 1. The number of carbonyl (C=O) groups is 1. The van der Waals surface area contributed by atoms with Crippen molar-refractivity contribution >= 4 is 5.97 Å². The molecular formula is C15H30N2O3. The smallest absolute Gasteiger partial charge is 0.325 e. The minimum absolute atomic E-state index is 0.313. The third-order valence-corrected chi connectivity index (χ3v) is 4.10. The Balaban J connectivity index is 2.30. The van der Waals surface area contributed by atoms with E-state index in [2.05, 4.69) is 18.7 Å². The number of esters is 1. The van der Waals surface area contributed by atoms with Crippen molar-refractivity contribution in [2.45, 2.75) is 64.1 Å². The molecule has 3 atom stereocenters. The van der Waals surface area contributed by atoms with Gasteiger partial charge in [-0.1, -0.05) is 6.92 Å². The van der Waals surface area contributed by atoms with Gasteiger partial charge in [0.15, 0.2) is 0 Å². The predicted octanol–water partition coefficient (Wildman–Crippen LogP) is 1.55. The lowest BCUT2D eigenvalue weighted by Crippen LogP contribution is -2.49. The molecule has 1 fully saturated rings. The van der Waals surface area contributed by atoms with E-state index < -0.39 is 5.54 Å². The Labute approximate surface area is 122 Å². The van der Waals surface area contributed by atoms with E-state index in [1.165, 1.54) is 7.11 Å². The Bertz CT molecular complexity index is 307. The first kappa shape index (κ1) is 17.4. The predicted molar refractivity (Wildman–Crippen MR) is 79.5 cm³/mol. The van der Waals surface area contributed by atoms with E-state index in [4.69, 9.17) is 15.2 Å². The summed E-state index contributed by atoms with van der Waals surface area (Å²) in [4.78, 5) is 14.0. The van der Waals surface area contributed by atoms with Crippen LogP contribution in [0.1, 0.15) is 46.5 Å². The highest BCUT2D eigenvalue weighted by molar-refractivity contribution is 5.79. The lowest BCUT2D eigenvalue weighted by Gasteiger charge is -2.38. The SMILES string of the molecule is CCC1COC(C)CN1CCCCC(C)(N)C(=O)OC. The van der Waals surface area contributed by atoms with Crippen LogP contribution in [0.4, 0.5) is 0 Å². The maximum atomic E-state index is 11.5. The number of ether oxygens (including phenoxy) is 2. The average molecular weight is 286 g/mol. The maximum Gasteiger partial charge on any atom is 0.325 e. The number of hydrogen-bond acceptors (Lipinski definition) is 5. The Kier molecular flexibility index (Phi) is 6.92. The minimum Gasteiger partial charge on any atom is -0.468 e. The normalized spacial score (nSPS) is 27.1. The molecule has 118 valence electrons. The third kappa shape index (κ3) is 5.04. The molecule has 5 heteroatoms. The maximum absolute atomic E-state index is 11.5. The monoisotopic (exact) mass is 286 g/mol. The zero-order valence-electron chi connectivity index (χ0n) is 13.4. The Morgan fingerprint density at radius 3 is 2.80 bits per heavy atom. The summed E-state index contributed by atoms with van der Waals surface area (Å²) in [6.45, 7) is 8.93. The molecule has 0 amide bonds. The van der Waals surface area contributed by atoms with Gasteiger partial charge in [0, 0.05) is 12.6 Å². The van der Waals surface area contributed by atoms with Gasteiger partial charge in [-0.05, 0) is 46.1 Å². The van der Waals surface area contributed by atoms with Crippen LogP contribution in [0.25, 0.3) is 0 Å². The molecule has 1 saturated heterocycles. The van der Waals surface area contributed by atoms with Gasteiger partial charge < -0.3 is 15.2 Å². The summed E-state index contributed by atoms with van der Waals surface area (Å²) in [6.07, 6.45) is 4.07. The molecule has 0 aromatic carbocycles. The highest BCUT2D eigenvalue weighted by Gasteiger charge is 2.29. The second-order valence-electron chi connectivity index (χ2n) is 6.07. The van der Waals surface area contributed by atoms with Gasteiger partial charge in [0.25, 0.3) is 0 Å². The van der Waals surface area contributed by atoms with E-state index in [1.807, 2.05) is 0 Å². The van der Waals surface area contributed by atoms with Crippen molar-refractivity contribution in [2.75, 3.05) is 26.8 Å². The van der Waals surface area contributed by atoms with Crippen molar-refractivity contribution in [3.05, 3.63) is 0 Å². The molecule has 1 heterocycles. The van der Waals surface area contributed by atoms with Crippen LogP contribution in [-0.2, 0) is 14.3 Å². The van der Waals surface area contributed by atoms with Crippen molar-refractivity contribution in [3.8, 4) is 0 Å². The van der Waals surface area contributed by atoms with Crippen LogP contribution >= 0.6 is 0 Å². The molecule has 20 heavy (non-hydrogen) atoms. The van der Waals surface area contributed by atoms with Crippen LogP contribution in [-0.4, -0.2) is 55.4 Å². The molecule has 0 aromatic rings. The molecule has 0 aromatic heterocycles. The summed E-state index contributed by atoms with van der Waals surface area (Å²) < 4.78 is 10.4. The van der Waals surface area contributed by atoms with Crippen molar-refractivity contribution in [2.24, 2.45) is 5.73 Å².